The van der Waals surface area contributed by atoms with Crippen LogP contribution in [0.3, 0.4) is 0 Å². The summed E-state index contributed by atoms with van der Waals surface area (Å²) in [5.74, 6) is 0.139. The molecule has 0 bridgehead atoms. The van der Waals surface area contributed by atoms with Gasteiger partial charge in [0.15, 0.2) is 0 Å². The molecule has 1 N–H and O–H groups in total. The summed E-state index contributed by atoms with van der Waals surface area (Å²) in [7, 11) is 0. The molecule has 1 aromatic carbocycles. The Balaban J connectivity index is 2.48. The Morgan fingerprint density at radius 1 is 1.16 bits per heavy atom. The molecule has 1 amide bonds. The predicted molar refractivity (Wildman–Crippen MR) is 79.6 cm³/mol. The molecule has 1 saturated heterocycles. The number of carbonyl (C=O) groups is 1. The number of piperazine rings is 1. The van der Waals surface area contributed by atoms with Gasteiger partial charge in [-0.05, 0) is 58.7 Å². The van der Waals surface area contributed by atoms with Gasteiger partial charge in [0.05, 0.1) is 5.54 Å². The van der Waals surface area contributed by atoms with Crippen LogP contribution in [-0.2, 0) is 4.79 Å². The van der Waals surface area contributed by atoms with E-state index in [0.717, 1.165) is 11.3 Å². The predicted octanol–water partition coefficient (Wildman–Crippen LogP) is 2.80. The van der Waals surface area contributed by atoms with Gasteiger partial charge in [0.1, 0.15) is 0 Å². The van der Waals surface area contributed by atoms with E-state index in [1.807, 2.05) is 18.7 Å². The van der Waals surface area contributed by atoms with Crippen LogP contribution in [0.1, 0.15) is 38.8 Å². The van der Waals surface area contributed by atoms with Gasteiger partial charge in [0, 0.05) is 17.8 Å². The van der Waals surface area contributed by atoms with E-state index in [1.54, 1.807) is 0 Å². The van der Waals surface area contributed by atoms with Gasteiger partial charge in [-0.1, -0.05) is 12.1 Å². The van der Waals surface area contributed by atoms with E-state index in [1.165, 1.54) is 5.56 Å². The van der Waals surface area contributed by atoms with Crippen LogP contribution in [0.5, 0.6) is 0 Å². The minimum Gasteiger partial charge on any atom is -0.309 e. The zero-order valence-electron chi connectivity index (χ0n) is 12.8. The molecule has 0 saturated carbocycles. The number of anilines is 1. The van der Waals surface area contributed by atoms with Crippen molar-refractivity contribution in [3.63, 3.8) is 0 Å². The van der Waals surface area contributed by atoms with E-state index < -0.39 is 5.54 Å². The normalized spacial score (nSPS) is 21.6. The highest BCUT2D eigenvalue weighted by molar-refractivity contribution is 6.01. The summed E-state index contributed by atoms with van der Waals surface area (Å²) >= 11 is 0. The van der Waals surface area contributed by atoms with Crippen molar-refractivity contribution in [1.29, 1.82) is 0 Å². The van der Waals surface area contributed by atoms with Crippen LogP contribution < -0.4 is 10.2 Å². The van der Waals surface area contributed by atoms with Crippen molar-refractivity contribution in [3.8, 4) is 0 Å². The topological polar surface area (TPSA) is 32.3 Å². The molecular formula is C16H24N2O. The van der Waals surface area contributed by atoms with E-state index in [4.69, 9.17) is 0 Å². The maximum Gasteiger partial charge on any atom is 0.246 e. The number of rotatable bonds is 1. The lowest BCUT2D eigenvalue weighted by atomic mass is 9.89. The lowest BCUT2D eigenvalue weighted by molar-refractivity contribution is -0.126. The molecule has 0 aliphatic carbocycles. The molecule has 1 aromatic rings. The fraction of sp³-hybridized carbons (Fsp3) is 0.562. The minimum absolute atomic E-state index is 0.0897. The van der Waals surface area contributed by atoms with Crippen molar-refractivity contribution >= 4 is 11.6 Å². The number of nitrogens with one attached hydrogen (secondary N) is 1. The second-order valence-corrected chi connectivity index (χ2v) is 6.82. The summed E-state index contributed by atoms with van der Waals surface area (Å²) < 4.78 is 0. The highest BCUT2D eigenvalue weighted by Crippen LogP contribution is 2.30. The van der Waals surface area contributed by atoms with E-state index in [0.29, 0.717) is 6.54 Å². The van der Waals surface area contributed by atoms with Gasteiger partial charge in [-0.15, -0.1) is 0 Å². The van der Waals surface area contributed by atoms with E-state index in [9.17, 15) is 4.79 Å². The van der Waals surface area contributed by atoms with E-state index in [-0.39, 0.29) is 11.4 Å². The molecule has 1 aliphatic heterocycles. The highest BCUT2D eigenvalue weighted by atomic mass is 16.2. The largest absolute Gasteiger partial charge is 0.309 e. The first-order valence-electron chi connectivity index (χ1n) is 6.81. The lowest BCUT2D eigenvalue weighted by Gasteiger charge is -2.47. The molecule has 19 heavy (non-hydrogen) atoms. The zero-order chi connectivity index (χ0) is 14.4. The van der Waals surface area contributed by atoms with Crippen LogP contribution in [0.15, 0.2) is 18.2 Å². The molecule has 0 aromatic heterocycles. The molecule has 3 nitrogen and oxygen atoms in total. The summed E-state index contributed by atoms with van der Waals surface area (Å²) in [6, 6.07) is 6.27. The van der Waals surface area contributed by atoms with E-state index >= 15 is 0 Å². The fourth-order valence-electron chi connectivity index (χ4n) is 2.95. The summed E-state index contributed by atoms with van der Waals surface area (Å²) in [5, 5.41) is 3.42. The van der Waals surface area contributed by atoms with Gasteiger partial charge in [-0.25, -0.2) is 0 Å². The number of nitrogens with zero attached hydrogens (tertiary/aromatic N) is 1. The van der Waals surface area contributed by atoms with Gasteiger partial charge in [-0.2, -0.15) is 0 Å². The third-order valence-corrected chi connectivity index (χ3v) is 3.64. The third-order valence-electron chi connectivity index (χ3n) is 3.64. The first-order chi connectivity index (χ1) is 8.62. The Bertz CT molecular complexity index is 517. The lowest BCUT2D eigenvalue weighted by Crippen LogP contribution is -2.70. The standard InChI is InChI=1S/C16H24N2O/c1-11-7-8-12(2)13(9-11)18-10-15(3,4)17-16(5,6)14(18)19/h7-9,17H,10H2,1-6H3. The second kappa shape index (κ2) is 4.34. The van der Waals surface area contributed by atoms with Gasteiger partial charge < -0.3 is 4.90 Å². The number of carbonyl (C=O) groups excluding carboxylic acids is 1. The average molecular weight is 260 g/mol. The van der Waals surface area contributed by atoms with Crippen LogP contribution in [0.4, 0.5) is 5.69 Å². The first-order valence-corrected chi connectivity index (χ1v) is 6.81. The molecular weight excluding hydrogens is 236 g/mol. The number of amides is 1. The molecule has 1 aliphatic rings. The van der Waals surface area contributed by atoms with Crippen molar-refractivity contribution in [2.75, 3.05) is 11.4 Å². The molecule has 0 spiro atoms. The van der Waals surface area contributed by atoms with Crippen molar-refractivity contribution in [1.82, 2.24) is 5.32 Å². The third kappa shape index (κ3) is 2.66. The molecule has 0 atom stereocenters. The summed E-state index contributed by atoms with van der Waals surface area (Å²) in [6.45, 7) is 13.0. The number of aryl methyl sites for hydroxylation is 2. The monoisotopic (exact) mass is 260 g/mol. The Morgan fingerprint density at radius 3 is 2.42 bits per heavy atom. The van der Waals surface area contributed by atoms with Crippen molar-refractivity contribution < 1.29 is 4.79 Å². The summed E-state index contributed by atoms with van der Waals surface area (Å²) in [6.07, 6.45) is 0. The number of hydrogen-bond acceptors (Lipinski definition) is 2. The van der Waals surface area contributed by atoms with Crippen molar-refractivity contribution in [3.05, 3.63) is 29.3 Å². The van der Waals surface area contributed by atoms with Crippen LogP contribution >= 0.6 is 0 Å². The van der Waals surface area contributed by atoms with Crippen LogP contribution in [0.2, 0.25) is 0 Å². The summed E-state index contributed by atoms with van der Waals surface area (Å²) in [5.41, 5.74) is 2.74. The summed E-state index contributed by atoms with van der Waals surface area (Å²) in [4.78, 5) is 14.6. The van der Waals surface area contributed by atoms with Crippen molar-refractivity contribution in [2.45, 2.75) is 52.6 Å². The van der Waals surface area contributed by atoms with Gasteiger partial charge in [-0.3, -0.25) is 10.1 Å². The highest BCUT2D eigenvalue weighted by Gasteiger charge is 2.44. The van der Waals surface area contributed by atoms with Crippen molar-refractivity contribution in [2.24, 2.45) is 0 Å². The number of benzene rings is 1. The fourth-order valence-corrected chi connectivity index (χ4v) is 2.95. The van der Waals surface area contributed by atoms with Crippen LogP contribution in [-0.4, -0.2) is 23.5 Å². The molecule has 104 valence electrons. The minimum atomic E-state index is -0.530. The molecule has 0 radical (unpaired) electrons. The Labute approximate surface area is 116 Å². The van der Waals surface area contributed by atoms with Crippen LogP contribution in [0, 0.1) is 13.8 Å². The maximum absolute atomic E-state index is 12.7. The van der Waals surface area contributed by atoms with Crippen LogP contribution in [0.25, 0.3) is 0 Å². The van der Waals surface area contributed by atoms with Gasteiger partial charge in [0.2, 0.25) is 5.91 Å². The Morgan fingerprint density at radius 2 is 1.79 bits per heavy atom. The zero-order valence-corrected chi connectivity index (χ0v) is 12.8. The van der Waals surface area contributed by atoms with E-state index in [2.05, 4.69) is 51.2 Å². The molecule has 0 unspecified atom stereocenters. The Hall–Kier alpha value is -1.35. The molecule has 1 fully saturated rings. The quantitative estimate of drug-likeness (QED) is 0.842. The van der Waals surface area contributed by atoms with Gasteiger partial charge >= 0.3 is 0 Å². The molecule has 1 heterocycles. The number of hydrogen-bond donors (Lipinski definition) is 1. The SMILES string of the molecule is Cc1ccc(C)c(N2CC(C)(C)NC(C)(C)C2=O)c1. The first kappa shape index (κ1) is 14.1. The van der Waals surface area contributed by atoms with Gasteiger partial charge in [0.25, 0.3) is 0 Å². The molecule has 3 heteroatoms. The average Bonchev–Trinajstić information content (AvgIpc) is 2.26. The molecule has 2 rings (SSSR count). The Kier molecular flexibility index (Phi) is 3.21. The smallest absolute Gasteiger partial charge is 0.246 e. The second-order valence-electron chi connectivity index (χ2n) is 6.82. The maximum atomic E-state index is 12.7.